The third-order valence-corrected chi connectivity index (χ3v) is 8.03. The predicted molar refractivity (Wildman–Crippen MR) is 99.9 cm³/mol. The van der Waals surface area contributed by atoms with Crippen molar-refractivity contribution < 1.29 is 4.74 Å². The SMILES string of the molecule is COc1cc(C2CC2)c(CN[C@@H]2C[C@@H]3C[C@H]([C@H]2C)C3(C)C)s1.Cl. The van der Waals surface area contributed by atoms with Crippen LogP contribution in [0.25, 0.3) is 0 Å². The van der Waals surface area contributed by atoms with Crippen molar-refractivity contribution in [2.24, 2.45) is 23.2 Å². The van der Waals surface area contributed by atoms with Gasteiger partial charge in [-0.3, -0.25) is 0 Å². The van der Waals surface area contributed by atoms with Gasteiger partial charge in [0, 0.05) is 17.5 Å². The Hall–Kier alpha value is -0.250. The second kappa shape index (κ2) is 6.24. The maximum atomic E-state index is 5.47. The summed E-state index contributed by atoms with van der Waals surface area (Å²) >= 11 is 1.84. The fourth-order valence-corrected chi connectivity index (χ4v) is 6.05. The van der Waals surface area contributed by atoms with Crippen molar-refractivity contribution in [1.29, 1.82) is 0 Å². The molecule has 4 aliphatic carbocycles. The first-order chi connectivity index (χ1) is 10.5. The van der Waals surface area contributed by atoms with Gasteiger partial charge in [-0.15, -0.1) is 23.7 Å². The van der Waals surface area contributed by atoms with E-state index in [4.69, 9.17) is 4.74 Å². The summed E-state index contributed by atoms with van der Waals surface area (Å²) in [4.78, 5) is 1.52. The van der Waals surface area contributed by atoms with Gasteiger partial charge in [0.2, 0.25) is 0 Å². The van der Waals surface area contributed by atoms with Crippen molar-refractivity contribution in [3.8, 4) is 5.06 Å². The molecule has 0 aliphatic heterocycles. The van der Waals surface area contributed by atoms with E-state index in [9.17, 15) is 0 Å². The number of thiophene rings is 1. The van der Waals surface area contributed by atoms with Crippen molar-refractivity contribution >= 4 is 23.7 Å². The van der Waals surface area contributed by atoms with Crippen molar-refractivity contribution in [3.63, 3.8) is 0 Å². The van der Waals surface area contributed by atoms with E-state index in [0.29, 0.717) is 11.5 Å². The topological polar surface area (TPSA) is 21.3 Å². The van der Waals surface area contributed by atoms with Crippen molar-refractivity contribution in [1.82, 2.24) is 5.32 Å². The van der Waals surface area contributed by atoms with Gasteiger partial charge in [0.15, 0.2) is 5.06 Å². The molecule has 2 bridgehead atoms. The molecule has 5 rings (SSSR count). The van der Waals surface area contributed by atoms with Crippen LogP contribution in [0.15, 0.2) is 6.07 Å². The largest absolute Gasteiger partial charge is 0.487 e. The highest BCUT2D eigenvalue weighted by Gasteiger charge is 2.56. The summed E-state index contributed by atoms with van der Waals surface area (Å²) in [7, 11) is 1.79. The van der Waals surface area contributed by atoms with Crippen LogP contribution in [0.2, 0.25) is 0 Å². The molecule has 4 saturated carbocycles. The minimum atomic E-state index is 0. The number of hydrogen-bond acceptors (Lipinski definition) is 3. The van der Waals surface area contributed by atoms with Crippen LogP contribution in [0.3, 0.4) is 0 Å². The summed E-state index contributed by atoms with van der Waals surface area (Å²) < 4.78 is 5.47. The Bertz CT molecular complexity index is 566. The van der Waals surface area contributed by atoms with E-state index < -0.39 is 0 Å². The summed E-state index contributed by atoms with van der Waals surface area (Å²) in [6.45, 7) is 8.47. The third kappa shape index (κ3) is 2.94. The van der Waals surface area contributed by atoms with Crippen molar-refractivity contribution in [2.75, 3.05) is 7.11 Å². The van der Waals surface area contributed by atoms with Gasteiger partial charge >= 0.3 is 0 Å². The molecule has 1 aromatic heterocycles. The molecule has 1 heterocycles. The van der Waals surface area contributed by atoms with Crippen LogP contribution in [-0.2, 0) is 6.54 Å². The first kappa shape index (κ1) is 17.6. The second-order valence-corrected chi connectivity index (χ2v) is 9.46. The molecule has 0 unspecified atom stereocenters. The van der Waals surface area contributed by atoms with E-state index in [2.05, 4.69) is 32.2 Å². The average molecular weight is 356 g/mol. The van der Waals surface area contributed by atoms with E-state index in [0.717, 1.165) is 35.3 Å². The molecule has 0 amide bonds. The van der Waals surface area contributed by atoms with E-state index >= 15 is 0 Å². The molecule has 1 aromatic rings. The average Bonchev–Trinajstić information content (AvgIpc) is 3.26. The molecular weight excluding hydrogens is 326 g/mol. The summed E-state index contributed by atoms with van der Waals surface area (Å²) in [6, 6.07) is 2.99. The fourth-order valence-electron chi connectivity index (χ4n) is 5.04. The van der Waals surface area contributed by atoms with Crippen molar-refractivity contribution in [2.45, 2.75) is 65.0 Å². The zero-order chi connectivity index (χ0) is 15.5. The molecule has 23 heavy (non-hydrogen) atoms. The number of rotatable bonds is 5. The molecule has 4 atom stereocenters. The van der Waals surface area contributed by atoms with Crippen LogP contribution in [0.4, 0.5) is 0 Å². The Morgan fingerprint density at radius 1 is 1.30 bits per heavy atom. The standard InChI is InChI=1S/C19H29NOS.ClH/c1-11-15-7-13(19(15,2)3)8-16(11)20-10-17-14(12-5-6-12)9-18(21-4)22-17;/h9,11-13,15-16,20H,5-8,10H2,1-4H3;1H/t11-,13+,15-,16-;/m1./s1. The fraction of sp³-hybridized carbons (Fsp3) is 0.789. The number of methoxy groups -OCH3 is 1. The molecule has 2 nitrogen and oxygen atoms in total. The first-order valence-corrected chi connectivity index (χ1v) is 9.72. The zero-order valence-electron chi connectivity index (χ0n) is 14.7. The van der Waals surface area contributed by atoms with Gasteiger partial charge < -0.3 is 10.1 Å². The maximum Gasteiger partial charge on any atom is 0.173 e. The van der Waals surface area contributed by atoms with E-state index in [1.54, 1.807) is 12.7 Å². The Morgan fingerprint density at radius 2 is 2.04 bits per heavy atom. The number of hydrogen-bond donors (Lipinski definition) is 1. The van der Waals surface area contributed by atoms with Crippen molar-refractivity contribution in [3.05, 3.63) is 16.5 Å². The molecule has 0 saturated heterocycles. The highest BCUT2D eigenvalue weighted by atomic mass is 35.5. The minimum Gasteiger partial charge on any atom is -0.487 e. The molecule has 0 aromatic carbocycles. The van der Waals surface area contributed by atoms with Crippen LogP contribution in [-0.4, -0.2) is 13.2 Å². The van der Waals surface area contributed by atoms with Gasteiger partial charge in [-0.05, 0) is 66.4 Å². The Kier molecular flexibility index (Phi) is 4.76. The molecule has 1 N–H and O–H groups in total. The first-order valence-electron chi connectivity index (χ1n) is 8.90. The van der Waals surface area contributed by atoms with Crippen LogP contribution in [0.5, 0.6) is 5.06 Å². The number of nitrogens with one attached hydrogen (secondary N) is 1. The highest BCUT2D eigenvalue weighted by molar-refractivity contribution is 7.14. The normalized spacial score (nSPS) is 34.4. The zero-order valence-corrected chi connectivity index (χ0v) is 16.4. The second-order valence-electron chi connectivity index (χ2n) is 8.37. The summed E-state index contributed by atoms with van der Waals surface area (Å²) in [6.07, 6.45) is 5.56. The van der Waals surface area contributed by atoms with Gasteiger partial charge in [0.1, 0.15) is 0 Å². The lowest BCUT2D eigenvalue weighted by Gasteiger charge is -2.62. The van der Waals surface area contributed by atoms with E-state index in [1.807, 2.05) is 11.3 Å². The van der Waals surface area contributed by atoms with Gasteiger partial charge in [-0.1, -0.05) is 20.8 Å². The molecule has 0 spiro atoms. The van der Waals surface area contributed by atoms with Crippen LogP contribution in [0.1, 0.15) is 62.8 Å². The highest BCUT2D eigenvalue weighted by Crippen LogP contribution is 2.61. The summed E-state index contributed by atoms with van der Waals surface area (Å²) in [5.41, 5.74) is 2.14. The van der Waals surface area contributed by atoms with E-state index in [-0.39, 0.29) is 12.4 Å². The number of ether oxygens (including phenoxy) is 1. The minimum absolute atomic E-state index is 0. The lowest BCUT2D eigenvalue weighted by Crippen LogP contribution is -2.59. The molecule has 130 valence electrons. The molecule has 4 aliphatic rings. The summed E-state index contributed by atoms with van der Waals surface area (Å²) in [5.74, 6) is 3.48. The van der Waals surface area contributed by atoms with Gasteiger partial charge in [-0.25, -0.2) is 0 Å². The quantitative estimate of drug-likeness (QED) is 0.782. The van der Waals surface area contributed by atoms with Crippen LogP contribution in [0, 0.1) is 23.2 Å². The third-order valence-electron chi connectivity index (χ3n) is 6.92. The summed E-state index contributed by atoms with van der Waals surface area (Å²) in [5, 5.41) is 4.98. The molecule has 4 fully saturated rings. The monoisotopic (exact) mass is 355 g/mol. The van der Waals surface area contributed by atoms with Gasteiger partial charge in [0.25, 0.3) is 0 Å². The predicted octanol–water partition coefficient (Wildman–Crippen LogP) is 5.22. The molecular formula is C19H30ClNOS. The Balaban J connectivity index is 0.00000156. The number of fused-ring (bicyclic) bond motifs is 2. The Morgan fingerprint density at radius 3 is 2.61 bits per heavy atom. The molecule has 0 radical (unpaired) electrons. The van der Waals surface area contributed by atoms with Crippen LogP contribution >= 0.6 is 23.7 Å². The van der Waals surface area contributed by atoms with E-state index in [1.165, 1.54) is 30.6 Å². The maximum absolute atomic E-state index is 5.47. The van der Waals surface area contributed by atoms with Gasteiger partial charge in [0.05, 0.1) is 7.11 Å². The Labute approximate surface area is 150 Å². The van der Waals surface area contributed by atoms with Gasteiger partial charge in [-0.2, -0.15) is 0 Å². The lowest BCUT2D eigenvalue weighted by atomic mass is 9.45. The van der Waals surface area contributed by atoms with Crippen LogP contribution < -0.4 is 10.1 Å². The number of halogens is 1. The molecule has 4 heteroatoms. The smallest absolute Gasteiger partial charge is 0.173 e. The lowest BCUT2D eigenvalue weighted by molar-refractivity contribution is -0.115.